The molecule has 0 radical (unpaired) electrons. The Bertz CT molecular complexity index is 989. The fraction of sp³-hybridized carbons (Fsp3) is 0.400. The van der Waals surface area contributed by atoms with Crippen LogP contribution in [0.1, 0.15) is 54.2 Å². The molecule has 3 heteroatoms. The van der Waals surface area contributed by atoms with Gasteiger partial charge in [-0.3, -0.25) is 0 Å². The minimum atomic E-state index is -0.280. The summed E-state index contributed by atoms with van der Waals surface area (Å²) >= 11 is 0. The molecule has 3 aromatic rings. The van der Waals surface area contributed by atoms with Gasteiger partial charge in [0.25, 0.3) is 6.33 Å². The summed E-state index contributed by atoms with van der Waals surface area (Å²) in [6, 6.07) is 8.94. The van der Waals surface area contributed by atoms with Crippen LogP contribution < -0.4 is 9.30 Å². The van der Waals surface area contributed by atoms with Crippen LogP contribution in [0.4, 0.5) is 0 Å². The van der Waals surface area contributed by atoms with Crippen molar-refractivity contribution in [3.05, 3.63) is 70.2 Å². The Labute approximate surface area is 169 Å². The van der Waals surface area contributed by atoms with Gasteiger partial charge < -0.3 is 4.74 Å². The van der Waals surface area contributed by atoms with Crippen molar-refractivity contribution in [2.24, 2.45) is 0 Å². The first-order chi connectivity index (χ1) is 13.0. The Morgan fingerprint density at radius 3 is 1.68 bits per heavy atom. The highest BCUT2D eigenvalue weighted by Gasteiger charge is 2.26. The van der Waals surface area contributed by atoms with Crippen LogP contribution in [0, 0.1) is 41.5 Å². The van der Waals surface area contributed by atoms with Crippen LogP contribution in [-0.4, -0.2) is 10.2 Å². The molecular formula is C25H33N2O+. The molecule has 0 saturated heterocycles. The van der Waals surface area contributed by atoms with Gasteiger partial charge in [-0.2, -0.15) is 9.13 Å². The normalized spacial score (nSPS) is 11.8. The Morgan fingerprint density at radius 1 is 0.750 bits per heavy atom. The molecule has 0 unspecified atom stereocenters. The zero-order valence-corrected chi connectivity index (χ0v) is 18.8. The van der Waals surface area contributed by atoms with E-state index >= 15 is 0 Å². The number of aryl methyl sites for hydroxylation is 6. The van der Waals surface area contributed by atoms with Gasteiger partial charge in [0, 0.05) is 0 Å². The maximum Gasteiger partial charge on any atom is 0.330 e. The average molecular weight is 378 g/mol. The summed E-state index contributed by atoms with van der Waals surface area (Å²) in [4.78, 5) is 0. The van der Waals surface area contributed by atoms with Gasteiger partial charge in [0.2, 0.25) is 0 Å². The van der Waals surface area contributed by atoms with E-state index < -0.39 is 0 Å². The zero-order valence-electron chi connectivity index (χ0n) is 18.8. The minimum absolute atomic E-state index is 0.280. The van der Waals surface area contributed by atoms with Gasteiger partial charge >= 0.3 is 5.88 Å². The molecular weight excluding hydrogens is 344 g/mol. The number of aromatic nitrogens is 2. The highest BCUT2D eigenvalue weighted by molar-refractivity contribution is 5.51. The van der Waals surface area contributed by atoms with Gasteiger partial charge in [0.1, 0.15) is 17.0 Å². The van der Waals surface area contributed by atoms with Gasteiger partial charge in [-0.25, -0.2) is 0 Å². The van der Waals surface area contributed by atoms with E-state index in [-0.39, 0.29) is 5.60 Å². The fourth-order valence-electron chi connectivity index (χ4n) is 4.21. The lowest BCUT2D eigenvalue weighted by Gasteiger charge is -2.19. The molecule has 28 heavy (non-hydrogen) atoms. The van der Waals surface area contributed by atoms with Crippen molar-refractivity contribution >= 4 is 0 Å². The molecule has 0 amide bonds. The molecule has 0 aliphatic carbocycles. The molecule has 0 bridgehead atoms. The Morgan fingerprint density at radius 2 is 1.21 bits per heavy atom. The molecule has 0 spiro atoms. The maximum absolute atomic E-state index is 6.38. The minimum Gasteiger partial charge on any atom is -0.454 e. The van der Waals surface area contributed by atoms with Crippen molar-refractivity contribution in [2.45, 2.75) is 67.9 Å². The van der Waals surface area contributed by atoms with Gasteiger partial charge in [0.15, 0.2) is 6.20 Å². The highest BCUT2D eigenvalue weighted by atomic mass is 16.5. The van der Waals surface area contributed by atoms with Crippen LogP contribution in [0.5, 0.6) is 5.88 Å². The number of ether oxygens (including phenoxy) is 1. The number of nitrogens with zero attached hydrogens (tertiary/aromatic N) is 2. The van der Waals surface area contributed by atoms with Gasteiger partial charge in [0.05, 0.1) is 0 Å². The van der Waals surface area contributed by atoms with Crippen molar-refractivity contribution in [1.82, 2.24) is 4.57 Å². The lowest BCUT2D eigenvalue weighted by atomic mass is 10.0. The number of rotatable bonds is 3. The van der Waals surface area contributed by atoms with Crippen LogP contribution >= 0.6 is 0 Å². The molecule has 2 aromatic carbocycles. The first kappa shape index (κ1) is 20.2. The van der Waals surface area contributed by atoms with Crippen molar-refractivity contribution in [2.75, 3.05) is 0 Å². The standard InChI is InChI=1S/C25H33N2O/c1-16-10-18(3)23(19(4)11-16)26-14-22(28-25(7,8)9)27(15-26)24-20(5)12-17(2)13-21(24)6/h10-15H,1-9H3/q+1. The SMILES string of the molecule is Cc1cc(C)c(-n2c[n+](-c3c(C)cc(C)cc3C)cc2OC(C)(C)C)c(C)c1. The molecule has 0 saturated carbocycles. The van der Waals surface area contributed by atoms with Gasteiger partial charge in [-0.05, 0) is 84.6 Å². The fourth-order valence-corrected chi connectivity index (χ4v) is 4.21. The Kier molecular flexibility index (Phi) is 5.14. The Hall–Kier alpha value is -2.55. The van der Waals surface area contributed by atoms with Crippen LogP contribution in [0.2, 0.25) is 0 Å². The van der Waals surface area contributed by atoms with Crippen molar-refractivity contribution in [3.63, 3.8) is 0 Å². The third kappa shape index (κ3) is 3.99. The predicted octanol–water partition coefficient (Wildman–Crippen LogP) is 5.78. The van der Waals surface area contributed by atoms with Gasteiger partial charge in [-0.1, -0.05) is 35.4 Å². The van der Waals surface area contributed by atoms with E-state index in [9.17, 15) is 0 Å². The predicted molar refractivity (Wildman–Crippen MR) is 116 cm³/mol. The molecule has 0 aliphatic heterocycles. The van der Waals surface area contributed by atoms with Crippen LogP contribution in [0.25, 0.3) is 11.4 Å². The third-order valence-corrected chi connectivity index (χ3v) is 4.91. The van der Waals surface area contributed by atoms with Crippen LogP contribution in [0.3, 0.4) is 0 Å². The molecule has 0 aliphatic rings. The quantitative estimate of drug-likeness (QED) is 0.529. The lowest BCUT2D eigenvalue weighted by Crippen LogP contribution is -2.30. The summed E-state index contributed by atoms with van der Waals surface area (Å²) in [6.07, 6.45) is 4.26. The number of hydrogen-bond acceptors (Lipinski definition) is 1. The molecule has 0 N–H and O–H groups in total. The number of benzene rings is 2. The molecule has 0 fully saturated rings. The molecule has 0 atom stereocenters. The molecule has 148 valence electrons. The second-order valence-corrected chi connectivity index (χ2v) is 9.07. The second-order valence-electron chi connectivity index (χ2n) is 9.07. The van der Waals surface area contributed by atoms with Gasteiger partial charge in [-0.15, -0.1) is 0 Å². The number of hydrogen-bond donors (Lipinski definition) is 0. The smallest absolute Gasteiger partial charge is 0.330 e. The van der Waals surface area contributed by atoms with Crippen LogP contribution in [-0.2, 0) is 0 Å². The second kappa shape index (κ2) is 7.12. The summed E-state index contributed by atoms with van der Waals surface area (Å²) in [5.74, 6) is 0.849. The monoisotopic (exact) mass is 377 g/mol. The van der Waals surface area contributed by atoms with E-state index in [0.29, 0.717) is 0 Å². The summed E-state index contributed by atoms with van der Waals surface area (Å²) < 4.78 is 10.8. The third-order valence-electron chi connectivity index (χ3n) is 4.91. The van der Waals surface area contributed by atoms with Crippen LogP contribution in [0.15, 0.2) is 36.8 Å². The highest BCUT2D eigenvalue weighted by Crippen LogP contribution is 2.28. The topological polar surface area (TPSA) is 18.0 Å². The summed E-state index contributed by atoms with van der Waals surface area (Å²) in [7, 11) is 0. The van der Waals surface area contributed by atoms with Crippen molar-refractivity contribution < 1.29 is 9.30 Å². The summed E-state index contributed by atoms with van der Waals surface area (Å²) in [5.41, 5.74) is 9.71. The first-order valence-electron chi connectivity index (χ1n) is 9.95. The Balaban J connectivity index is 2.27. The number of imidazole rings is 1. The van der Waals surface area contributed by atoms with E-state index in [1.807, 2.05) is 0 Å². The zero-order chi connectivity index (χ0) is 20.8. The maximum atomic E-state index is 6.38. The van der Waals surface area contributed by atoms with E-state index in [0.717, 1.165) is 5.88 Å². The summed E-state index contributed by atoms with van der Waals surface area (Å²) in [6.45, 7) is 19.2. The van der Waals surface area contributed by atoms with E-state index in [1.165, 1.54) is 44.8 Å². The van der Waals surface area contributed by atoms with Crippen molar-refractivity contribution in [1.29, 1.82) is 0 Å². The van der Waals surface area contributed by atoms with Crippen molar-refractivity contribution in [3.8, 4) is 17.3 Å². The summed E-state index contributed by atoms with van der Waals surface area (Å²) in [5, 5.41) is 0. The lowest BCUT2D eigenvalue weighted by molar-refractivity contribution is -0.595. The molecule has 1 heterocycles. The van der Waals surface area contributed by atoms with E-state index in [2.05, 4.69) is 108 Å². The van der Waals surface area contributed by atoms with E-state index in [1.54, 1.807) is 0 Å². The largest absolute Gasteiger partial charge is 0.454 e. The molecule has 3 nitrogen and oxygen atoms in total. The average Bonchev–Trinajstić information content (AvgIpc) is 2.86. The molecule has 3 rings (SSSR count). The first-order valence-corrected chi connectivity index (χ1v) is 9.95. The molecule has 1 aromatic heterocycles. The van der Waals surface area contributed by atoms with E-state index in [4.69, 9.17) is 4.74 Å².